The van der Waals surface area contributed by atoms with Crippen molar-refractivity contribution in [2.24, 2.45) is 0 Å². The number of hydrogen-bond acceptors (Lipinski definition) is 6. The van der Waals surface area contributed by atoms with Gasteiger partial charge < -0.3 is 10.1 Å². The molecule has 106 valence electrons. The van der Waals surface area contributed by atoms with Crippen LogP contribution in [0.1, 0.15) is 5.56 Å². The highest BCUT2D eigenvalue weighted by atomic mass is 19.1. The van der Waals surface area contributed by atoms with Gasteiger partial charge in [-0.1, -0.05) is 0 Å². The topological polar surface area (TPSA) is 101 Å². The van der Waals surface area contributed by atoms with Crippen molar-refractivity contribution in [2.45, 2.75) is 0 Å². The lowest BCUT2D eigenvalue weighted by Gasteiger charge is -2.07. The molecule has 7 nitrogen and oxygen atoms in total. The first-order valence-corrected chi connectivity index (χ1v) is 5.75. The highest BCUT2D eigenvalue weighted by Crippen LogP contribution is 2.28. The van der Waals surface area contributed by atoms with Gasteiger partial charge in [-0.3, -0.25) is 10.1 Å². The van der Waals surface area contributed by atoms with Gasteiger partial charge in [0, 0.05) is 7.05 Å². The minimum atomic E-state index is -0.756. The van der Waals surface area contributed by atoms with Crippen molar-refractivity contribution in [1.82, 2.24) is 4.98 Å². The molecule has 0 saturated carbocycles. The molecule has 21 heavy (non-hydrogen) atoms. The third-order valence-corrected chi connectivity index (χ3v) is 2.53. The summed E-state index contributed by atoms with van der Waals surface area (Å²) >= 11 is 0. The van der Waals surface area contributed by atoms with E-state index in [2.05, 4.69) is 10.3 Å². The number of anilines is 1. The molecule has 0 bridgehead atoms. The van der Waals surface area contributed by atoms with Gasteiger partial charge in [-0.2, -0.15) is 10.2 Å². The highest BCUT2D eigenvalue weighted by Gasteiger charge is 2.14. The van der Waals surface area contributed by atoms with E-state index in [4.69, 9.17) is 10.00 Å². The molecule has 0 aliphatic rings. The van der Waals surface area contributed by atoms with E-state index < -0.39 is 10.7 Å². The fourth-order valence-corrected chi connectivity index (χ4v) is 1.54. The summed E-state index contributed by atoms with van der Waals surface area (Å²) in [5.74, 6) is -0.845. The van der Waals surface area contributed by atoms with Gasteiger partial charge in [-0.15, -0.1) is 0 Å². The van der Waals surface area contributed by atoms with Crippen LogP contribution in [0.2, 0.25) is 0 Å². The first-order chi connectivity index (χ1) is 10.0. The Labute approximate surface area is 118 Å². The predicted molar refractivity (Wildman–Crippen MR) is 71.6 cm³/mol. The number of ether oxygens (including phenoxy) is 1. The van der Waals surface area contributed by atoms with Crippen LogP contribution in [0.4, 0.5) is 15.9 Å². The summed E-state index contributed by atoms with van der Waals surface area (Å²) in [4.78, 5) is 14.1. The SMILES string of the molecule is CNc1cc([N+](=O)[O-])cc(Oc2ccc(C#N)cc2F)n1. The van der Waals surface area contributed by atoms with E-state index in [0.29, 0.717) is 0 Å². The molecular weight excluding hydrogens is 279 g/mol. The van der Waals surface area contributed by atoms with Crippen LogP contribution < -0.4 is 10.1 Å². The molecule has 0 unspecified atom stereocenters. The molecule has 2 rings (SSSR count). The standard InChI is InChI=1S/C13H9FN4O3/c1-16-12-5-9(18(19)20)6-13(17-12)21-11-3-2-8(7-15)4-10(11)14/h2-6H,1H3,(H,16,17). The molecule has 1 N–H and O–H groups in total. The van der Waals surface area contributed by atoms with Crippen LogP contribution >= 0.6 is 0 Å². The average Bonchev–Trinajstić information content (AvgIpc) is 2.48. The van der Waals surface area contributed by atoms with E-state index in [1.165, 1.54) is 25.2 Å². The second-order valence-corrected chi connectivity index (χ2v) is 3.91. The minimum Gasteiger partial charge on any atom is -0.436 e. The number of aromatic nitrogens is 1. The molecule has 1 aromatic heterocycles. The third kappa shape index (κ3) is 3.22. The van der Waals surface area contributed by atoms with Crippen molar-refractivity contribution >= 4 is 11.5 Å². The number of hydrogen-bond donors (Lipinski definition) is 1. The maximum absolute atomic E-state index is 13.7. The Balaban J connectivity index is 2.37. The predicted octanol–water partition coefficient (Wildman–Crippen LogP) is 2.83. The Kier molecular flexibility index (Phi) is 3.95. The summed E-state index contributed by atoms with van der Waals surface area (Å²) in [5, 5.41) is 22.1. The molecule has 2 aromatic rings. The lowest BCUT2D eigenvalue weighted by molar-refractivity contribution is -0.384. The molecular formula is C13H9FN4O3. The van der Waals surface area contributed by atoms with Gasteiger partial charge in [0.1, 0.15) is 5.82 Å². The van der Waals surface area contributed by atoms with Crippen molar-refractivity contribution < 1.29 is 14.1 Å². The number of benzene rings is 1. The van der Waals surface area contributed by atoms with Crippen molar-refractivity contribution in [3.8, 4) is 17.7 Å². The molecule has 0 atom stereocenters. The van der Waals surface area contributed by atoms with Crippen LogP contribution in [0.5, 0.6) is 11.6 Å². The van der Waals surface area contributed by atoms with E-state index in [1.807, 2.05) is 0 Å². The van der Waals surface area contributed by atoms with E-state index in [-0.39, 0.29) is 28.7 Å². The van der Waals surface area contributed by atoms with Crippen molar-refractivity contribution in [1.29, 1.82) is 5.26 Å². The zero-order valence-corrected chi connectivity index (χ0v) is 10.8. The first-order valence-electron chi connectivity index (χ1n) is 5.75. The average molecular weight is 288 g/mol. The van der Waals surface area contributed by atoms with Crippen LogP contribution in [0, 0.1) is 27.3 Å². The molecule has 0 saturated heterocycles. The molecule has 0 amide bonds. The third-order valence-electron chi connectivity index (χ3n) is 2.53. The zero-order valence-electron chi connectivity index (χ0n) is 10.8. The smallest absolute Gasteiger partial charge is 0.278 e. The molecule has 0 spiro atoms. The van der Waals surface area contributed by atoms with Crippen LogP contribution in [-0.4, -0.2) is 17.0 Å². The van der Waals surface area contributed by atoms with E-state index in [0.717, 1.165) is 12.1 Å². The number of pyridine rings is 1. The number of rotatable bonds is 4. The molecule has 0 radical (unpaired) electrons. The van der Waals surface area contributed by atoms with Gasteiger partial charge in [0.15, 0.2) is 11.6 Å². The molecule has 1 aromatic carbocycles. The summed E-state index contributed by atoms with van der Waals surface area (Å²) < 4.78 is 18.9. The normalized spacial score (nSPS) is 9.76. The van der Waals surface area contributed by atoms with Gasteiger partial charge in [-0.05, 0) is 18.2 Å². The summed E-state index contributed by atoms with van der Waals surface area (Å²) in [6.07, 6.45) is 0. The van der Waals surface area contributed by atoms with Crippen LogP contribution in [0.25, 0.3) is 0 Å². The van der Waals surface area contributed by atoms with Crippen molar-refractivity contribution in [2.75, 3.05) is 12.4 Å². The van der Waals surface area contributed by atoms with E-state index >= 15 is 0 Å². The Hall–Kier alpha value is -3.21. The Bertz CT molecular complexity index is 743. The van der Waals surface area contributed by atoms with Crippen LogP contribution in [-0.2, 0) is 0 Å². The van der Waals surface area contributed by atoms with Crippen molar-refractivity contribution in [3.05, 3.63) is 51.8 Å². The fraction of sp³-hybridized carbons (Fsp3) is 0.0769. The quantitative estimate of drug-likeness (QED) is 0.685. The lowest BCUT2D eigenvalue weighted by Crippen LogP contribution is -1.99. The zero-order chi connectivity index (χ0) is 15.4. The van der Waals surface area contributed by atoms with E-state index in [9.17, 15) is 14.5 Å². The number of nitrogens with zero attached hydrogens (tertiary/aromatic N) is 3. The monoisotopic (exact) mass is 288 g/mol. The number of halogens is 1. The van der Waals surface area contributed by atoms with Crippen LogP contribution in [0.15, 0.2) is 30.3 Å². The highest BCUT2D eigenvalue weighted by molar-refractivity contribution is 5.49. The van der Waals surface area contributed by atoms with E-state index in [1.54, 1.807) is 6.07 Å². The van der Waals surface area contributed by atoms with Gasteiger partial charge in [0.2, 0.25) is 5.88 Å². The Morgan fingerprint density at radius 2 is 2.19 bits per heavy atom. The largest absolute Gasteiger partial charge is 0.436 e. The number of nitrogens with one attached hydrogen (secondary N) is 1. The molecule has 0 fully saturated rings. The number of nitriles is 1. The Morgan fingerprint density at radius 3 is 2.76 bits per heavy atom. The minimum absolute atomic E-state index is 0.128. The molecule has 0 aliphatic carbocycles. The summed E-state index contributed by atoms with van der Waals surface area (Å²) in [6, 6.07) is 7.73. The first kappa shape index (κ1) is 14.2. The van der Waals surface area contributed by atoms with Crippen LogP contribution in [0.3, 0.4) is 0 Å². The van der Waals surface area contributed by atoms with Gasteiger partial charge in [-0.25, -0.2) is 4.39 Å². The maximum Gasteiger partial charge on any atom is 0.278 e. The lowest BCUT2D eigenvalue weighted by atomic mass is 10.2. The Morgan fingerprint density at radius 1 is 1.43 bits per heavy atom. The summed E-state index contributed by atoms with van der Waals surface area (Å²) in [6.45, 7) is 0. The summed E-state index contributed by atoms with van der Waals surface area (Å²) in [7, 11) is 1.54. The van der Waals surface area contributed by atoms with Crippen molar-refractivity contribution in [3.63, 3.8) is 0 Å². The second-order valence-electron chi connectivity index (χ2n) is 3.91. The summed E-state index contributed by atoms with van der Waals surface area (Å²) in [5.41, 5.74) is -0.0961. The molecule has 8 heteroatoms. The second kappa shape index (κ2) is 5.83. The molecule has 0 aliphatic heterocycles. The van der Waals surface area contributed by atoms with Gasteiger partial charge >= 0.3 is 0 Å². The van der Waals surface area contributed by atoms with Gasteiger partial charge in [0.05, 0.1) is 28.7 Å². The fourth-order valence-electron chi connectivity index (χ4n) is 1.54. The van der Waals surface area contributed by atoms with Gasteiger partial charge in [0.25, 0.3) is 5.69 Å². The molecule has 1 heterocycles. The number of nitro groups is 1. The maximum atomic E-state index is 13.7.